The van der Waals surface area contributed by atoms with Crippen LogP contribution >= 0.6 is 0 Å². The van der Waals surface area contributed by atoms with Crippen molar-refractivity contribution in [3.8, 4) is 5.88 Å². The van der Waals surface area contributed by atoms with Gasteiger partial charge < -0.3 is 15.4 Å². The molecule has 0 radical (unpaired) electrons. The van der Waals surface area contributed by atoms with Gasteiger partial charge in [0.2, 0.25) is 0 Å². The van der Waals surface area contributed by atoms with Crippen molar-refractivity contribution >= 4 is 5.69 Å². The van der Waals surface area contributed by atoms with Gasteiger partial charge in [-0.25, -0.2) is 0 Å². The van der Waals surface area contributed by atoms with E-state index >= 15 is 0 Å². The topological polar surface area (TPSA) is 64.3 Å². The number of nitrogen functional groups attached to an aromatic ring is 1. The number of hydrogen-bond donors (Lipinski definition) is 1. The largest absolute Gasteiger partial charge is 0.478 e. The highest BCUT2D eigenvalue weighted by Crippen LogP contribution is 2.16. The minimum Gasteiger partial charge on any atom is -0.478 e. The maximum absolute atomic E-state index is 5.70. The number of nitrogens with two attached hydrogens (primary N) is 1. The zero-order chi connectivity index (χ0) is 10.6. The van der Waals surface area contributed by atoms with Crippen LogP contribution in [0.3, 0.4) is 0 Å². The minimum absolute atomic E-state index is 0.388. The molecule has 0 aromatic carbocycles. The first-order chi connectivity index (χ1) is 6.63. The molecule has 0 atom stereocenters. The summed E-state index contributed by atoms with van der Waals surface area (Å²) in [5, 5.41) is 7.86. The third-order valence-electron chi connectivity index (χ3n) is 1.85. The maximum atomic E-state index is 5.70. The van der Waals surface area contributed by atoms with E-state index < -0.39 is 0 Å². The van der Waals surface area contributed by atoms with Gasteiger partial charge >= 0.3 is 0 Å². The van der Waals surface area contributed by atoms with Gasteiger partial charge in [0.25, 0.3) is 5.88 Å². The summed E-state index contributed by atoms with van der Waals surface area (Å²) >= 11 is 0. The smallest absolute Gasteiger partial charge is 0.256 e. The summed E-state index contributed by atoms with van der Waals surface area (Å²) < 4.78 is 4.92. The fourth-order valence-corrected chi connectivity index (χ4v) is 1.06. The summed E-state index contributed by atoms with van der Waals surface area (Å²) in [7, 11) is 5.56. The lowest BCUT2D eigenvalue weighted by Crippen LogP contribution is -2.16. The van der Waals surface area contributed by atoms with Crippen molar-refractivity contribution in [3.63, 3.8) is 0 Å². The Morgan fingerprint density at radius 3 is 2.64 bits per heavy atom. The standard InChI is InChI=1S/C9H16N4O/c1-13(2)5-4-7-6-8(10)9(14-3)12-11-7/h6H,4-5H2,1-3H3,(H2,10,11). The monoisotopic (exact) mass is 196 g/mol. The lowest BCUT2D eigenvalue weighted by Gasteiger charge is -2.09. The highest BCUT2D eigenvalue weighted by molar-refractivity contribution is 5.47. The average molecular weight is 196 g/mol. The van der Waals surface area contributed by atoms with Crippen LogP contribution in [-0.4, -0.2) is 42.8 Å². The summed E-state index contributed by atoms with van der Waals surface area (Å²) in [5.41, 5.74) is 7.12. The summed E-state index contributed by atoms with van der Waals surface area (Å²) in [6.45, 7) is 0.931. The van der Waals surface area contributed by atoms with Crippen molar-refractivity contribution in [3.05, 3.63) is 11.8 Å². The van der Waals surface area contributed by atoms with Crippen molar-refractivity contribution in [1.82, 2.24) is 15.1 Å². The summed E-state index contributed by atoms with van der Waals surface area (Å²) in [4.78, 5) is 2.09. The third kappa shape index (κ3) is 2.85. The van der Waals surface area contributed by atoms with Gasteiger partial charge in [0.05, 0.1) is 18.5 Å². The van der Waals surface area contributed by atoms with E-state index in [4.69, 9.17) is 10.5 Å². The SMILES string of the molecule is COc1nnc(CCN(C)C)cc1N. The van der Waals surface area contributed by atoms with Gasteiger partial charge in [-0.3, -0.25) is 0 Å². The van der Waals surface area contributed by atoms with Crippen LogP contribution in [0.25, 0.3) is 0 Å². The van der Waals surface area contributed by atoms with Crippen LogP contribution < -0.4 is 10.5 Å². The minimum atomic E-state index is 0.388. The van der Waals surface area contributed by atoms with E-state index in [2.05, 4.69) is 15.1 Å². The van der Waals surface area contributed by atoms with Crippen LogP contribution in [-0.2, 0) is 6.42 Å². The molecule has 0 fully saturated rings. The van der Waals surface area contributed by atoms with Gasteiger partial charge in [-0.1, -0.05) is 0 Å². The maximum Gasteiger partial charge on any atom is 0.256 e. The van der Waals surface area contributed by atoms with Crippen LogP contribution in [0.15, 0.2) is 6.07 Å². The van der Waals surface area contributed by atoms with E-state index in [0.717, 1.165) is 18.7 Å². The molecule has 0 saturated heterocycles. The molecule has 1 heterocycles. The number of likely N-dealkylation sites (N-methyl/N-ethyl adjacent to an activating group) is 1. The van der Waals surface area contributed by atoms with Crippen LogP contribution in [0, 0.1) is 0 Å². The van der Waals surface area contributed by atoms with Crippen molar-refractivity contribution in [2.24, 2.45) is 0 Å². The fourth-order valence-electron chi connectivity index (χ4n) is 1.06. The van der Waals surface area contributed by atoms with Crippen LogP contribution in [0.5, 0.6) is 5.88 Å². The lowest BCUT2D eigenvalue weighted by atomic mass is 10.2. The molecule has 2 N–H and O–H groups in total. The lowest BCUT2D eigenvalue weighted by molar-refractivity contribution is 0.390. The molecular weight excluding hydrogens is 180 g/mol. The average Bonchev–Trinajstić information content (AvgIpc) is 2.15. The Labute approximate surface area is 83.9 Å². The quantitative estimate of drug-likeness (QED) is 0.743. The van der Waals surface area contributed by atoms with Crippen LogP contribution in [0.2, 0.25) is 0 Å². The molecule has 0 spiro atoms. The first-order valence-corrected chi connectivity index (χ1v) is 4.44. The predicted octanol–water partition coefficient (Wildman–Crippen LogP) is 0.171. The molecule has 0 amide bonds. The number of nitrogens with zero attached hydrogens (tertiary/aromatic N) is 3. The van der Waals surface area contributed by atoms with Crippen LogP contribution in [0.4, 0.5) is 5.69 Å². The molecule has 5 nitrogen and oxygen atoms in total. The molecule has 1 aromatic rings. The molecule has 0 aliphatic heterocycles. The number of aromatic nitrogens is 2. The Morgan fingerprint density at radius 1 is 1.43 bits per heavy atom. The molecule has 0 bridgehead atoms. The fraction of sp³-hybridized carbons (Fsp3) is 0.556. The second-order valence-corrected chi connectivity index (χ2v) is 3.35. The van der Waals surface area contributed by atoms with Gasteiger partial charge in [-0.05, 0) is 20.2 Å². The normalized spacial score (nSPS) is 10.6. The van der Waals surface area contributed by atoms with Gasteiger partial charge in [0.1, 0.15) is 0 Å². The van der Waals surface area contributed by atoms with Crippen molar-refractivity contribution in [2.45, 2.75) is 6.42 Å². The highest BCUT2D eigenvalue weighted by Gasteiger charge is 2.03. The predicted molar refractivity (Wildman–Crippen MR) is 55.3 cm³/mol. The molecule has 1 rings (SSSR count). The van der Waals surface area contributed by atoms with Crippen molar-refractivity contribution in [1.29, 1.82) is 0 Å². The first-order valence-electron chi connectivity index (χ1n) is 4.44. The zero-order valence-corrected chi connectivity index (χ0v) is 8.82. The zero-order valence-electron chi connectivity index (χ0n) is 8.82. The third-order valence-corrected chi connectivity index (χ3v) is 1.85. The van der Waals surface area contributed by atoms with E-state index in [1.807, 2.05) is 14.1 Å². The van der Waals surface area contributed by atoms with Crippen molar-refractivity contribution < 1.29 is 4.74 Å². The van der Waals surface area contributed by atoms with Crippen molar-refractivity contribution in [2.75, 3.05) is 33.5 Å². The van der Waals surface area contributed by atoms with Gasteiger partial charge in [0.15, 0.2) is 0 Å². The summed E-state index contributed by atoms with van der Waals surface area (Å²) in [6.07, 6.45) is 0.841. The molecule has 0 aliphatic carbocycles. The molecule has 0 aliphatic rings. The Hall–Kier alpha value is -1.36. The van der Waals surface area contributed by atoms with E-state index in [9.17, 15) is 0 Å². The van der Waals surface area contributed by atoms with Gasteiger partial charge in [0, 0.05) is 13.0 Å². The summed E-state index contributed by atoms with van der Waals surface area (Å²) in [5.74, 6) is 0.388. The van der Waals surface area contributed by atoms with Crippen LogP contribution in [0.1, 0.15) is 5.69 Å². The molecule has 5 heteroatoms. The molecule has 1 aromatic heterocycles. The van der Waals surface area contributed by atoms with E-state index in [-0.39, 0.29) is 0 Å². The number of anilines is 1. The number of hydrogen-bond acceptors (Lipinski definition) is 5. The van der Waals surface area contributed by atoms with E-state index in [0.29, 0.717) is 11.6 Å². The second-order valence-electron chi connectivity index (χ2n) is 3.35. The second kappa shape index (κ2) is 4.76. The van der Waals surface area contributed by atoms with E-state index in [1.165, 1.54) is 7.11 Å². The van der Waals surface area contributed by atoms with Gasteiger partial charge in [-0.15, -0.1) is 5.10 Å². The Balaban J connectivity index is 2.66. The van der Waals surface area contributed by atoms with Gasteiger partial charge in [-0.2, -0.15) is 5.10 Å². The Kier molecular flexibility index (Phi) is 3.64. The Bertz CT molecular complexity index is 301. The highest BCUT2D eigenvalue weighted by atomic mass is 16.5. The number of methoxy groups -OCH3 is 1. The number of ether oxygens (including phenoxy) is 1. The first kappa shape index (κ1) is 10.7. The molecule has 78 valence electrons. The van der Waals surface area contributed by atoms with E-state index in [1.54, 1.807) is 6.07 Å². The molecule has 14 heavy (non-hydrogen) atoms. The molecule has 0 unspecified atom stereocenters. The molecule has 0 saturated carbocycles. The molecular formula is C9H16N4O. The number of rotatable bonds is 4. The Morgan fingerprint density at radius 2 is 2.14 bits per heavy atom. The summed E-state index contributed by atoms with van der Waals surface area (Å²) in [6, 6.07) is 1.80.